The van der Waals surface area contributed by atoms with Crippen LogP contribution in [0.5, 0.6) is 0 Å². The van der Waals surface area contributed by atoms with Crippen LogP contribution < -0.4 is 5.32 Å². The van der Waals surface area contributed by atoms with E-state index in [1.165, 1.54) is 11.8 Å². The fourth-order valence-corrected chi connectivity index (χ4v) is 3.65. The number of pyridine rings is 1. The zero-order valence-corrected chi connectivity index (χ0v) is 17.0. The summed E-state index contributed by atoms with van der Waals surface area (Å²) in [5, 5.41) is 12.5. The normalized spacial score (nSPS) is 11.0. The number of carbonyl (C=O) groups is 1. The number of hydrogen-bond acceptors (Lipinski definition) is 5. The summed E-state index contributed by atoms with van der Waals surface area (Å²) < 4.78 is 2.04. The molecule has 6 nitrogen and oxygen atoms in total. The van der Waals surface area contributed by atoms with Gasteiger partial charge in [-0.05, 0) is 30.5 Å². The Bertz CT molecular complexity index is 878. The fourth-order valence-electron chi connectivity index (χ4n) is 2.90. The lowest BCUT2D eigenvalue weighted by molar-refractivity contribution is -0.119. The van der Waals surface area contributed by atoms with Crippen LogP contribution in [-0.4, -0.2) is 37.5 Å². The molecule has 0 unspecified atom stereocenters. The topological polar surface area (TPSA) is 72.7 Å². The lowest BCUT2D eigenvalue weighted by Crippen LogP contribution is -2.35. The van der Waals surface area contributed by atoms with Gasteiger partial charge < -0.3 is 5.32 Å². The van der Waals surface area contributed by atoms with Crippen molar-refractivity contribution in [2.45, 2.75) is 44.4 Å². The van der Waals surface area contributed by atoms with E-state index in [0.717, 1.165) is 34.9 Å². The zero-order chi connectivity index (χ0) is 19.8. The van der Waals surface area contributed by atoms with Crippen molar-refractivity contribution >= 4 is 17.7 Å². The Kier molecular flexibility index (Phi) is 7.19. The van der Waals surface area contributed by atoms with E-state index < -0.39 is 0 Å². The van der Waals surface area contributed by atoms with E-state index in [9.17, 15) is 4.79 Å². The SMILES string of the molecule is CCC(CC)NC(=O)CSc1nnc(-c2cccnc2)n1Cc1ccccc1. The highest BCUT2D eigenvalue weighted by atomic mass is 32.2. The molecule has 0 radical (unpaired) electrons. The number of rotatable bonds is 9. The van der Waals surface area contributed by atoms with E-state index in [0.29, 0.717) is 12.3 Å². The van der Waals surface area contributed by atoms with E-state index in [2.05, 4.69) is 46.5 Å². The largest absolute Gasteiger partial charge is 0.353 e. The molecule has 0 spiro atoms. The number of thioether (sulfide) groups is 1. The Hall–Kier alpha value is -2.67. The van der Waals surface area contributed by atoms with Gasteiger partial charge in [0, 0.05) is 24.0 Å². The summed E-state index contributed by atoms with van der Waals surface area (Å²) in [5.41, 5.74) is 2.05. The highest BCUT2D eigenvalue weighted by molar-refractivity contribution is 7.99. The fraction of sp³-hybridized carbons (Fsp3) is 0.333. The molecule has 0 saturated heterocycles. The molecule has 0 aliphatic carbocycles. The summed E-state index contributed by atoms with van der Waals surface area (Å²) in [7, 11) is 0. The number of hydrogen-bond donors (Lipinski definition) is 1. The third-order valence-corrected chi connectivity index (χ3v) is 5.47. The van der Waals surface area contributed by atoms with Gasteiger partial charge in [-0.1, -0.05) is 55.9 Å². The monoisotopic (exact) mass is 395 g/mol. The second kappa shape index (κ2) is 10.0. The molecule has 0 saturated carbocycles. The summed E-state index contributed by atoms with van der Waals surface area (Å²) in [4.78, 5) is 16.5. The van der Waals surface area contributed by atoms with Gasteiger partial charge >= 0.3 is 0 Å². The van der Waals surface area contributed by atoms with Crippen LogP contribution >= 0.6 is 11.8 Å². The van der Waals surface area contributed by atoms with Gasteiger partial charge in [-0.25, -0.2) is 0 Å². The van der Waals surface area contributed by atoms with Crippen LogP contribution in [0.2, 0.25) is 0 Å². The van der Waals surface area contributed by atoms with Gasteiger partial charge in [0.2, 0.25) is 5.91 Å². The van der Waals surface area contributed by atoms with Crippen molar-refractivity contribution in [3.63, 3.8) is 0 Å². The minimum Gasteiger partial charge on any atom is -0.353 e. The summed E-state index contributed by atoms with van der Waals surface area (Å²) in [6, 6.07) is 14.2. The number of amides is 1. The highest BCUT2D eigenvalue weighted by Gasteiger charge is 2.17. The molecular formula is C21H25N5OS. The lowest BCUT2D eigenvalue weighted by atomic mass is 10.2. The average Bonchev–Trinajstić information content (AvgIpc) is 3.14. The van der Waals surface area contributed by atoms with Crippen LogP contribution in [0.25, 0.3) is 11.4 Å². The minimum absolute atomic E-state index is 0.0240. The van der Waals surface area contributed by atoms with Crippen molar-refractivity contribution in [2.75, 3.05) is 5.75 Å². The first-order valence-corrected chi connectivity index (χ1v) is 10.5. The molecule has 0 aliphatic rings. The van der Waals surface area contributed by atoms with Crippen LogP contribution in [0.3, 0.4) is 0 Å². The van der Waals surface area contributed by atoms with Crippen LogP contribution in [-0.2, 0) is 11.3 Å². The summed E-state index contributed by atoms with van der Waals surface area (Å²) >= 11 is 1.41. The van der Waals surface area contributed by atoms with Crippen LogP contribution in [0, 0.1) is 0 Å². The molecule has 146 valence electrons. The first-order chi connectivity index (χ1) is 13.7. The van der Waals surface area contributed by atoms with Crippen molar-refractivity contribution in [2.24, 2.45) is 0 Å². The van der Waals surface area contributed by atoms with Crippen molar-refractivity contribution in [1.29, 1.82) is 0 Å². The van der Waals surface area contributed by atoms with E-state index in [1.54, 1.807) is 12.4 Å². The molecule has 0 aliphatic heterocycles. The van der Waals surface area contributed by atoms with Crippen molar-refractivity contribution in [3.8, 4) is 11.4 Å². The molecule has 1 N–H and O–H groups in total. The van der Waals surface area contributed by atoms with Crippen molar-refractivity contribution in [3.05, 3.63) is 60.4 Å². The molecule has 2 heterocycles. The molecule has 3 rings (SSSR count). The smallest absolute Gasteiger partial charge is 0.230 e. The molecule has 0 fully saturated rings. The van der Waals surface area contributed by atoms with Gasteiger partial charge in [0.1, 0.15) is 0 Å². The lowest BCUT2D eigenvalue weighted by Gasteiger charge is -2.14. The maximum Gasteiger partial charge on any atom is 0.230 e. The Morgan fingerprint density at radius 3 is 2.57 bits per heavy atom. The van der Waals surface area contributed by atoms with Crippen molar-refractivity contribution < 1.29 is 4.79 Å². The predicted octanol–water partition coefficient (Wildman–Crippen LogP) is 3.79. The van der Waals surface area contributed by atoms with E-state index in [-0.39, 0.29) is 11.9 Å². The first kappa shape index (κ1) is 20.1. The summed E-state index contributed by atoms with van der Waals surface area (Å²) in [6.07, 6.45) is 5.38. The van der Waals surface area contributed by atoms with E-state index in [4.69, 9.17) is 0 Å². The standard InChI is InChI=1S/C21H25N5OS/c1-3-18(4-2)23-19(27)15-28-21-25-24-20(17-11-8-12-22-13-17)26(21)14-16-9-6-5-7-10-16/h5-13,18H,3-4,14-15H2,1-2H3,(H,23,27). The van der Waals surface area contributed by atoms with Gasteiger partial charge in [-0.2, -0.15) is 0 Å². The highest BCUT2D eigenvalue weighted by Crippen LogP contribution is 2.24. The van der Waals surface area contributed by atoms with Crippen LogP contribution in [0.4, 0.5) is 0 Å². The van der Waals surface area contributed by atoms with E-state index in [1.807, 2.05) is 34.9 Å². The number of carbonyl (C=O) groups excluding carboxylic acids is 1. The molecule has 3 aromatic rings. The van der Waals surface area contributed by atoms with E-state index >= 15 is 0 Å². The predicted molar refractivity (Wildman–Crippen MR) is 112 cm³/mol. The Morgan fingerprint density at radius 2 is 1.89 bits per heavy atom. The molecule has 2 aromatic heterocycles. The molecule has 28 heavy (non-hydrogen) atoms. The maximum atomic E-state index is 12.3. The molecule has 1 aromatic carbocycles. The Balaban J connectivity index is 1.80. The maximum absolute atomic E-state index is 12.3. The third-order valence-electron chi connectivity index (χ3n) is 4.50. The second-order valence-electron chi connectivity index (χ2n) is 6.49. The number of nitrogens with one attached hydrogen (secondary N) is 1. The van der Waals surface area contributed by atoms with Gasteiger partial charge in [0.25, 0.3) is 0 Å². The quantitative estimate of drug-likeness (QED) is 0.558. The number of benzene rings is 1. The molecule has 0 atom stereocenters. The third kappa shape index (κ3) is 5.19. The Morgan fingerprint density at radius 1 is 1.11 bits per heavy atom. The van der Waals surface area contributed by atoms with Gasteiger partial charge in [-0.3, -0.25) is 14.3 Å². The average molecular weight is 396 g/mol. The van der Waals surface area contributed by atoms with Gasteiger partial charge in [0.15, 0.2) is 11.0 Å². The molecular weight excluding hydrogens is 370 g/mol. The van der Waals surface area contributed by atoms with Crippen LogP contribution in [0.1, 0.15) is 32.3 Å². The molecule has 0 bridgehead atoms. The van der Waals surface area contributed by atoms with Crippen LogP contribution in [0.15, 0.2) is 60.0 Å². The Labute approximate surface area is 169 Å². The number of nitrogens with zero attached hydrogens (tertiary/aromatic N) is 4. The van der Waals surface area contributed by atoms with Gasteiger partial charge in [-0.15, -0.1) is 10.2 Å². The minimum atomic E-state index is 0.0240. The summed E-state index contributed by atoms with van der Waals surface area (Å²) in [5.74, 6) is 1.09. The first-order valence-electron chi connectivity index (χ1n) is 9.51. The summed E-state index contributed by atoms with van der Waals surface area (Å²) in [6.45, 7) is 4.80. The zero-order valence-electron chi connectivity index (χ0n) is 16.2. The number of aromatic nitrogens is 4. The second-order valence-corrected chi connectivity index (χ2v) is 7.43. The van der Waals surface area contributed by atoms with Gasteiger partial charge in [0.05, 0.1) is 12.3 Å². The molecule has 7 heteroatoms. The molecule has 1 amide bonds. The van der Waals surface area contributed by atoms with Crippen molar-refractivity contribution in [1.82, 2.24) is 25.1 Å².